The van der Waals surface area contributed by atoms with E-state index in [2.05, 4.69) is 15.5 Å². The minimum Gasteiger partial charge on any atom is -0.339 e. The molecule has 2 heterocycles. The van der Waals surface area contributed by atoms with E-state index < -0.39 is 0 Å². The Balaban J connectivity index is 2.50. The topological polar surface area (TPSA) is 38.9 Å². The van der Waals surface area contributed by atoms with E-state index in [1.807, 2.05) is 12.3 Å². The normalized spacial score (nSPS) is 10.5. The average molecular weight is 180 g/mol. The average Bonchev–Trinajstić information content (AvgIpc) is 2.58. The number of hydrogen-bond donors (Lipinski definition) is 0. The van der Waals surface area contributed by atoms with Gasteiger partial charge in [-0.1, -0.05) is 5.16 Å². The molecule has 0 spiro atoms. The summed E-state index contributed by atoms with van der Waals surface area (Å²) in [6, 6.07) is 0. The van der Waals surface area contributed by atoms with Crippen molar-refractivity contribution in [3.05, 3.63) is 22.2 Å². The number of aromatic nitrogens is 2. The lowest BCUT2D eigenvalue weighted by Gasteiger charge is -1.88. The van der Waals surface area contributed by atoms with E-state index in [0.29, 0.717) is 11.7 Å². The maximum atomic E-state index is 4.89. The van der Waals surface area contributed by atoms with Crippen LogP contribution in [0.3, 0.4) is 0 Å². The number of thiophene rings is 1. The predicted molar refractivity (Wildman–Crippen MR) is 47.1 cm³/mol. The van der Waals surface area contributed by atoms with Crippen LogP contribution in [0.4, 0.5) is 0 Å². The molecule has 0 amide bonds. The van der Waals surface area contributed by atoms with Crippen LogP contribution >= 0.6 is 11.3 Å². The van der Waals surface area contributed by atoms with Crippen LogP contribution < -0.4 is 0 Å². The van der Waals surface area contributed by atoms with Gasteiger partial charge in [0.2, 0.25) is 11.7 Å². The summed E-state index contributed by atoms with van der Waals surface area (Å²) in [6.07, 6.45) is 0. The fourth-order valence-electron chi connectivity index (χ4n) is 0.998. The summed E-state index contributed by atoms with van der Waals surface area (Å²) < 4.78 is 4.89. The van der Waals surface area contributed by atoms with Gasteiger partial charge < -0.3 is 4.52 Å². The molecule has 0 aliphatic rings. The molecule has 0 aromatic carbocycles. The maximum Gasteiger partial charge on any atom is 0.223 e. The molecule has 62 valence electrons. The van der Waals surface area contributed by atoms with Gasteiger partial charge in [0.15, 0.2) is 0 Å². The summed E-state index contributed by atoms with van der Waals surface area (Å²) in [5.74, 6) is 1.29. The van der Waals surface area contributed by atoms with Gasteiger partial charge >= 0.3 is 0 Å². The molecule has 0 aliphatic carbocycles. The Morgan fingerprint density at radius 1 is 1.33 bits per heavy atom. The third-order valence-electron chi connectivity index (χ3n) is 1.62. The van der Waals surface area contributed by atoms with E-state index >= 15 is 0 Å². The van der Waals surface area contributed by atoms with Gasteiger partial charge in [-0.2, -0.15) is 16.3 Å². The van der Waals surface area contributed by atoms with Gasteiger partial charge in [0, 0.05) is 17.9 Å². The first-order chi connectivity index (χ1) is 5.77. The van der Waals surface area contributed by atoms with Crippen LogP contribution in [-0.4, -0.2) is 10.1 Å². The number of hydrogen-bond acceptors (Lipinski definition) is 4. The van der Waals surface area contributed by atoms with Gasteiger partial charge in [0.25, 0.3) is 0 Å². The third kappa shape index (κ3) is 1.14. The summed E-state index contributed by atoms with van der Waals surface area (Å²) in [5, 5.41) is 7.94. The molecule has 2 rings (SSSR count). The van der Waals surface area contributed by atoms with Crippen molar-refractivity contribution >= 4 is 11.3 Å². The minimum atomic E-state index is 0.607. The van der Waals surface area contributed by atoms with Gasteiger partial charge in [-0.05, 0) is 17.9 Å². The van der Waals surface area contributed by atoms with Crippen LogP contribution in [0.1, 0.15) is 11.5 Å². The largest absolute Gasteiger partial charge is 0.339 e. The Labute approximate surface area is 74.0 Å². The highest BCUT2D eigenvalue weighted by Gasteiger charge is 2.08. The molecule has 0 N–H and O–H groups in total. The monoisotopic (exact) mass is 180 g/mol. The summed E-state index contributed by atoms with van der Waals surface area (Å²) in [5.41, 5.74) is 2.26. The fraction of sp³-hybridized carbons (Fsp3) is 0.250. The Hall–Kier alpha value is -1.16. The van der Waals surface area contributed by atoms with Gasteiger partial charge in [-0.15, -0.1) is 0 Å². The Bertz CT molecular complexity index is 391. The number of nitrogens with zero attached hydrogens (tertiary/aromatic N) is 2. The molecule has 12 heavy (non-hydrogen) atoms. The zero-order valence-electron chi connectivity index (χ0n) is 6.87. The van der Waals surface area contributed by atoms with Crippen LogP contribution in [0.25, 0.3) is 11.4 Å². The van der Waals surface area contributed by atoms with Crippen molar-refractivity contribution < 1.29 is 4.52 Å². The van der Waals surface area contributed by atoms with Gasteiger partial charge in [0.1, 0.15) is 0 Å². The first-order valence-electron chi connectivity index (χ1n) is 3.61. The lowest BCUT2D eigenvalue weighted by Crippen LogP contribution is -1.79. The van der Waals surface area contributed by atoms with E-state index in [-0.39, 0.29) is 0 Å². The molecule has 0 fully saturated rings. The Morgan fingerprint density at radius 3 is 2.67 bits per heavy atom. The second-order valence-electron chi connectivity index (χ2n) is 2.61. The molecule has 4 heteroatoms. The van der Waals surface area contributed by atoms with Crippen LogP contribution in [0.15, 0.2) is 15.3 Å². The molecule has 0 saturated heterocycles. The first kappa shape index (κ1) is 7.49. The zero-order chi connectivity index (χ0) is 8.55. The quantitative estimate of drug-likeness (QED) is 0.676. The number of rotatable bonds is 1. The summed E-state index contributed by atoms with van der Waals surface area (Å²) >= 11 is 1.65. The van der Waals surface area contributed by atoms with E-state index in [1.54, 1.807) is 18.3 Å². The van der Waals surface area contributed by atoms with E-state index in [0.717, 1.165) is 5.56 Å². The molecular formula is C8H8N2OS. The number of aryl methyl sites for hydroxylation is 2. The van der Waals surface area contributed by atoms with Crippen molar-refractivity contribution in [2.24, 2.45) is 0 Å². The van der Waals surface area contributed by atoms with Crippen LogP contribution in [0.2, 0.25) is 0 Å². The molecular weight excluding hydrogens is 172 g/mol. The van der Waals surface area contributed by atoms with Crippen LogP contribution in [0, 0.1) is 13.8 Å². The van der Waals surface area contributed by atoms with Crippen molar-refractivity contribution in [1.29, 1.82) is 0 Å². The van der Waals surface area contributed by atoms with Gasteiger partial charge in [-0.3, -0.25) is 0 Å². The highest BCUT2D eigenvalue weighted by molar-refractivity contribution is 7.08. The molecule has 0 atom stereocenters. The van der Waals surface area contributed by atoms with E-state index in [1.165, 1.54) is 5.56 Å². The summed E-state index contributed by atoms with van der Waals surface area (Å²) in [7, 11) is 0. The molecule has 0 bridgehead atoms. The second-order valence-corrected chi connectivity index (χ2v) is 3.35. The van der Waals surface area contributed by atoms with Crippen molar-refractivity contribution in [1.82, 2.24) is 10.1 Å². The van der Waals surface area contributed by atoms with Crippen molar-refractivity contribution in [2.75, 3.05) is 0 Å². The molecule has 2 aromatic heterocycles. The van der Waals surface area contributed by atoms with Gasteiger partial charge in [0.05, 0.1) is 0 Å². The molecule has 0 radical (unpaired) electrons. The smallest absolute Gasteiger partial charge is 0.223 e. The molecule has 0 saturated carbocycles. The molecule has 2 aromatic rings. The van der Waals surface area contributed by atoms with Crippen LogP contribution in [-0.2, 0) is 0 Å². The highest BCUT2D eigenvalue weighted by Crippen LogP contribution is 2.23. The van der Waals surface area contributed by atoms with E-state index in [4.69, 9.17) is 4.52 Å². The lowest BCUT2D eigenvalue weighted by atomic mass is 10.2. The van der Waals surface area contributed by atoms with E-state index in [9.17, 15) is 0 Å². The lowest BCUT2D eigenvalue weighted by molar-refractivity contribution is 0.394. The molecule has 3 nitrogen and oxygen atoms in total. The summed E-state index contributed by atoms with van der Waals surface area (Å²) in [6.45, 7) is 3.83. The highest BCUT2D eigenvalue weighted by atomic mass is 32.1. The minimum absolute atomic E-state index is 0.607. The fourth-order valence-corrected chi connectivity index (χ4v) is 1.82. The predicted octanol–water partition coefficient (Wildman–Crippen LogP) is 2.41. The Morgan fingerprint density at radius 2 is 2.17 bits per heavy atom. The summed E-state index contributed by atoms with van der Waals surface area (Å²) in [4.78, 5) is 4.14. The second kappa shape index (κ2) is 2.71. The third-order valence-corrected chi connectivity index (χ3v) is 2.49. The van der Waals surface area contributed by atoms with Crippen molar-refractivity contribution in [2.45, 2.75) is 13.8 Å². The van der Waals surface area contributed by atoms with Crippen LogP contribution in [0.5, 0.6) is 0 Å². The molecule has 0 aliphatic heterocycles. The molecule has 0 unspecified atom stereocenters. The first-order valence-corrected chi connectivity index (χ1v) is 4.55. The standard InChI is InChI=1S/C8H8N2OS/c1-5-3-12-4-7(5)8-9-6(2)11-10-8/h3-4H,1-2H3. The Kier molecular flexibility index (Phi) is 1.69. The maximum absolute atomic E-state index is 4.89. The van der Waals surface area contributed by atoms with Crippen molar-refractivity contribution in [3.8, 4) is 11.4 Å². The SMILES string of the molecule is Cc1nc(-c2cscc2C)no1. The zero-order valence-corrected chi connectivity index (χ0v) is 7.68. The van der Waals surface area contributed by atoms with Crippen molar-refractivity contribution in [3.63, 3.8) is 0 Å². The van der Waals surface area contributed by atoms with Gasteiger partial charge in [-0.25, -0.2) is 0 Å².